The molecule has 1 heterocycles. The van der Waals surface area contributed by atoms with E-state index in [9.17, 15) is 13.2 Å². The average molecular weight is 309 g/mol. The number of aromatic nitrogens is 2. The lowest BCUT2D eigenvalue weighted by molar-refractivity contribution is 0.543. The number of sulfonamides is 1. The molecule has 9 heteroatoms. The van der Waals surface area contributed by atoms with Crippen molar-refractivity contribution in [2.45, 2.75) is 26.3 Å². The zero-order valence-corrected chi connectivity index (χ0v) is 12.2. The summed E-state index contributed by atoms with van der Waals surface area (Å²) in [6, 6.07) is 0. The lowest BCUT2D eigenvalue weighted by Crippen LogP contribution is -2.26. The van der Waals surface area contributed by atoms with Gasteiger partial charge in [-0.25, -0.2) is 18.2 Å². The maximum absolute atomic E-state index is 11.8. The Morgan fingerprint density at radius 3 is 2.79 bits per heavy atom. The molecule has 0 aromatic carbocycles. The fourth-order valence-corrected chi connectivity index (χ4v) is 1.98. The van der Waals surface area contributed by atoms with Gasteiger partial charge in [0.15, 0.2) is 0 Å². The molecule has 0 unspecified atom stereocenters. The normalized spacial score (nSPS) is 11.5. The van der Waals surface area contributed by atoms with Crippen molar-refractivity contribution in [1.82, 2.24) is 9.78 Å². The van der Waals surface area contributed by atoms with Gasteiger partial charge < -0.3 is 5.32 Å². The highest BCUT2D eigenvalue weighted by molar-refractivity contribution is 7.89. The van der Waals surface area contributed by atoms with E-state index >= 15 is 0 Å². The third-order valence-electron chi connectivity index (χ3n) is 2.41. The number of nitrogens with zero attached hydrogens (tertiary/aromatic N) is 2. The molecule has 0 aliphatic heterocycles. The molecular weight excluding hydrogens is 292 g/mol. The van der Waals surface area contributed by atoms with E-state index in [-0.39, 0.29) is 17.3 Å². The molecule has 0 bridgehead atoms. The Labute approximate surface area is 116 Å². The average Bonchev–Trinajstić information content (AvgIpc) is 2.32. The van der Waals surface area contributed by atoms with Crippen LogP contribution in [0, 0.1) is 0 Å². The Kier molecular flexibility index (Phi) is 5.77. The summed E-state index contributed by atoms with van der Waals surface area (Å²) in [6.45, 7) is 2.58. The van der Waals surface area contributed by atoms with Crippen LogP contribution in [0.4, 0.5) is 5.69 Å². The van der Waals surface area contributed by atoms with Gasteiger partial charge in [-0.2, -0.15) is 5.10 Å². The van der Waals surface area contributed by atoms with Gasteiger partial charge in [-0.05, 0) is 6.42 Å². The molecule has 1 aromatic rings. The van der Waals surface area contributed by atoms with Gasteiger partial charge in [0.25, 0.3) is 5.56 Å². The second-order valence-corrected chi connectivity index (χ2v) is 6.16. The number of unbranched alkanes of at least 4 members (excludes halogenated alkanes) is 1. The first-order valence-corrected chi connectivity index (χ1v) is 7.94. The highest BCUT2D eigenvalue weighted by atomic mass is 35.5. The van der Waals surface area contributed by atoms with Gasteiger partial charge in [-0.1, -0.05) is 24.9 Å². The van der Waals surface area contributed by atoms with E-state index < -0.39 is 15.6 Å². The number of hydrogen-bond acceptors (Lipinski definition) is 5. The van der Waals surface area contributed by atoms with Crippen LogP contribution in [0.1, 0.15) is 19.8 Å². The molecule has 0 fully saturated rings. The molecule has 0 radical (unpaired) electrons. The smallest absolute Gasteiger partial charge is 0.287 e. The fraction of sp³-hybridized carbons (Fsp3) is 0.600. The minimum Gasteiger partial charge on any atom is -0.381 e. The summed E-state index contributed by atoms with van der Waals surface area (Å²) in [7, 11) is -3.55. The minimum absolute atomic E-state index is 0.000484. The summed E-state index contributed by atoms with van der Waals surface area (Å²) in [5, 5.41) is 11.6. The van der Waals surface area contributed by atoms with E-state index in [2.05, 4.69) is 10.4 Å². The highest BCUT2D eigenvalue weighted by Crippen LogP contribution is 2.14. The van der Waals surface area contributed by atoms with Crippen molar-refractivity contribution in [2.24, 2.45) is 5.14 Å². The zero-order chi connectivity index (χ0) is 14.5. The topological polar surface area (TPSA) is 107 Å². The molecule has 0 aliphatic carbocycles. The number of aryl methyl sites for hydroxylation is 1. The number of halogens is 1. The first-order valence-electron chi connectivity index (χ1n) is 5.85. The number of hydrogen-bond donors (Lipinski definition) is 2. The molecule has 108 valence electrons. The quantitative estimate of drug-likeness (QED) is 0.758. The molecule has 7 nitrogen and oxygen atoms in total. The lowest BCUT2D eigenvalue weighted by Gasteiger charge is -2.09. The first kappa shape index (κ1) is 15.9. The third-order valence-corrected chi connectivity index (χ3v) is 3.55. The standard InChI is InChI=1S/C10H17ClN4O3S/c1-2-3-5-15-10(16)9(11)8(7-14-15)13-4-6-19(12,17)18/h7,13H,2-6H2,1H3,(H2,12,17,18). The second kappa shape index (κ2) is 6.88. The van der Waals surface area contributed by atoms with Crippen molar-refractivity contribution in [2.75, 3.05) is 17.6 Å². The number of anilines is 1. The van der Waals surface area contributed by atoms with Crippen LogP contribution in [0.5, 0.6) is 0 Å². The summed E-state index contributed by atoms with van der Waals surface area (Å²) >= 11 is 5.91. The van der Waals surface area contributed by atoms with Crippen LogP contribution in [0.3, 0.4) is 0 Å². The molecule has 3 N–H and O–H groups in total. The highest BCUT2D eigenvalue weighted by Gasteiger charge is 2.09. The van der Waals surface area contributed by atoms with Gasteiger partial charge >= 0.3 is 0 Å². The predicted octanol–water partition coefficient (Wildman–Crippen LogP) is 0.397. The van der Waals surface area contributed by atoms with Crippen molar-refractivity contribution in [3.63, 3.8) is 0 Å². The van der Waals surface area contributed by atoms with Crippen molar-refractivity contribution in [3.05, 3.63) is 21.6 Å². The van der Waals surface area contributed by atoms with Gasteiger partial charge in [0.1, 0.15) is 5.02 Å². The molecule has 0 saturated carbocycles. The largest absolute Gasteiger partial charge is 0.381 e. The van der Waals surface area contributed by atoms with Crippen LogP contribution in [-0.4, -0.2) is 30.5 Å². The first-order chi connectivity index (χ1) is 8.85. The van der Waals surface area contributed by atoms with Gasteiger partial charge in [0.2, 0.25) is 10.0 Å². The molecule has 19 heavy (non-hydrogen) atoms. The van der Waals surface area contributed by atoms with E-state index in [1.165, 1.54) is 10.9 Å². The molecule has 1 aromatic heterocycles. The van der Waals surface area contributed by atoms with Crippen LogP contribution >= 0.6 is 11.6 Å². The Bertz CT molecular complexity index is 585. The Hall–Kier alpha value is -1.12. The van der Waals surface area contributed by atoms with Crippen molar-refractivity contribution < 1.29 is 8.42 Å². The summed E-state index contributed by atoms with van der Waals surface area (Å²) in [6.07, 6.45) is 3.18. The van der Waals surface area contributed by atoms with E-state index in [4.69, 9.17) is 16.7 Å². The molecule has 0 aliphatic rings. The molecular formula is C10H17ClN4O3S. The van der Waals surface area contributed by atoms with Crippen LogP contribution in [-0.2, 0) is 16.6 Å². The van der Waals surface area contributed by atoms with E-state index in [0.29, 0.717) is 12.2 Å². The Morgan fingerprint density at radius 2 is 2.21 bits per heavy atom. The lowest BCUT2D eigenvalue weighted by atomic mass is 10.3. The molecule has 0 spiro atoms. The van der Waals surface area contributed by atoms with Gasteiger partial charge in [0, 0.05) is 13.1 Å². The number of primary sulfonamides is 1. The van der Waals surface area contributed by atoms with Gasteiger partial charge in [-0.3, -0.25) is 4.79 Å². The summed E-state index contributed by atoms with van der Waals surface area (Å²) in [5.41, 5.74) is -0.0845. The SMILES string of the molecule is CCCCn1ncc(NCCS(N)(=O)=O)c(Cl)c1=O. The monoisotopic (exact) mass is 308 g/mol. The van der Waals surface area contributed by atoms with Crippen molar-refractivity contribution in [3.8, 4) is 0 Å². The van der Waals surface area contributed by atoms with Crippen LogP contribution < -0.4 is 16.0 Å². The van der Waals surface area contributed by atoms with Gasteiger partial charge in [-0.15, -0.1) is 0 Å². The third kappa shape index (κ3) is 5.17. The van der Waals surface area contributed by atoms with Crippen molar-refractivity contribution in [1.29, 1.82) is 0 Å². The molecule has 0 atom stereocenters. The number of rotatable bonds is 7. The summed E-state index contributed by atoms with van der Waals surface area (Å²) in [4.78, 5) is 11.8. The van der Waals surface area contributed by atoms with Crippen molar-refractivity contribution >= 4 is 27.3 Å². The summed E-state index contributed by atoms with van der Waals surface area (Å²) < 4.78 is 22.8. The Balaban J connectivity index is 2.76. The molecule has 1 rings (SSSR count). The van der Waals surface area contributed by atoms with Gasteiger partial charge in [0.05, 0.1) is 17.6 Å². The number of nitrogens with one attached hydrogen (secondary N) is 1. The minimum atomic E-state index is -3.55. The molecule has 0 amide bonds. The Morgan fingerprint density at radius 1 is 1.53 bits per heavy atom. The van der Waals surface area contributed by atoms with E-state index in [1.807, 2.05) is 6.92 Å². The predicted molar refractivity (Wildman–Crippen MR) is 74.9 cm³/mol. The zero-order valence-electron chi connectivity index (χ0n) is 10.6. The second-order valence-electron chi connectivity index (χ2n) is 4.05. The summed E-state index contributed by atoms with van der Waals surface area (Å²) in [5.74, 6) is -0.248. The number of nitrogens with two attached hydrogens (primary N) is 1. The van der Waals surface area contributed by atoms with E-state index in [1.54, 1.807) is 0 Å². The van der Waals surface area contributed by atoms with Crippen LogP contribution in [0.2, 0.25) is 5.02 Å². The maximum atomic E-state index is 11.8. The van der Waals surface area contributed by atoms with Crippen LogP contribution in [0.15, 0.2) is 11.0 Å². The maximum Gasteiger partial charge on any atom is 0.287 e. The molecule has 0 saturated heterocycles. The fourth-order valence-electron chi connectivity index (χ4n) is 1.38. The van der Waals surface area contributed by atoms with Crippen LogP contribution in [0.25, 0.3) is 0 Å². The van der Waals surface area contributed by atoms with E-state index in [0.717, 1.165) is 12.8 Å².